The number of carboxylic acid groups (broad SMARTS) is 1. The summed E-state index contributed by atoms with van der Waals surface area (Å²) in [6, 6.07) is 19.2. The number of nitrogens with zero attached hydrogens (tertiary/aromatic N) is 2. The number of nitrogens with one attached hydrogen (secondary N) is 1. The quantitative estimate of drug-likeness (QED) is 0.585. The molecule has 1 amide bonds. The van der Waals surface area contributed by atoms with Crippen LogP contribution >= 0.6 is 11.8 Å². The van der Waals surface area contributed by atoms with E-state index >= 15 is 0 Å². The van der Waals surface area contributed by atoms with Gasteiger partial charge in [-0.1, -0.05) is 30.3 Å². The lowest BCUT2D eigenvalue weighted by Crippen LogP contribution is -2.05. The van der Waals surface area contributed by atoms with E-state index in [2.05, 4.69) is 16.4 Å². The Balaban J connectivity index is 1.38. The molecule has 1 aliphatic heterocycles. The molecule has 0 unspecified atom stereocenters. The van der Waals surface area contributed by atoms with Crippen molar-refractivity contribution in [2.45, 2.75) is 12.8 Å². The molecular formula is C23H19N3O3S. The molecule has 0 saturated carbocycles. The van der Waals surface area contributed by atoms with Crippen molar-refractivity contribution >= 4 is 34.5 Å². The largest absolute Gasteiger partial charge is 0.481 e. The van der Waals surface area contributed by atoms with Crippen LogP contribution in [0.1, 0.15) is 11.1 Å². The Hall–Kier alpha value is -3.58. The SMILES string of the molecule is O=C(O)Cc1ccc(NC2=NC(=O)C(=CCc3cccc(-n4cccc4)c3)S2)cc1. The van der Waals surface area contributed by atoms with Crippen molar-refractivity contribution in [3.63, 3.8) is 0 Å². The highest BCUT2D eigenvalue weighted by Crippen LogP contribution is 2.28. The third-order valence-corrected chi connectivity index (χ3v) is 5.47. The molecule has 0 radical (unpaired) electrons. The van der Waals surface area contributed by atoms with E-state index in [1.807, 2.05) is 53.4 Å². The minimum Gasteiger partial charge on any atom is -0.481 e. The fourth-order valence-corrected chi connectivity index (χ4v) is 3.87. The van der Waals surface area contributed by atoms with Crippen LogP contribution in [0.3, 0.4) is 0 Å². The third kappa shape index (κ3) is 4.87. The van der Waals surface area contributed by atoms with Gasteiger partial charge in [-0.25, -0.2) is 0 Å². The van der Waals surface area contributed by atoms with Gasteiger partial charge in [-0.3, -0.25) is 9.59 Å². The number of aromatic nitrogens is 1. The van der Waals surface area contributed by atoms with E-state index in [1.54, 1.807) is 24.3 Å². The number of hydrogen-bond acceptors (Lipinski definition) is 4. The van der Waals surface area contributed by atoms with E-state index in [0.717, 1.165) is 16.9 Å². The number of rotatable bonds is 6. The number of amides is 1. The van der Waals surface area contributed by atoms with E-state index in [9.17, 15) is 9.59 Å². The summed E-state index contributed by atoms with van der Waals surface area (Å²) in [7, 11) is 0. The smallest absolute Gasteiger partial charge is 0.307 e. The van der Waals surface area contributed by atoms with Crippen molar-refractivity contribution in [3.05, 3.63) is 95.2 Å². The highest BCUT2D eigenvalue weighted by molar-refractivity contribution is 8.18. The minimum atomic E-state index is -0.870. The molecular weight excluding hydrogens is 398 g/mol. The van der Waals surface area contributed by atoms with Gasteiger partial charge in [0.25, 0.3) is 5.91 Å². The van der Waals surface area contributed by atoms with Gasteiger partial charge < -0.3 is 15.0 Å². The number of amidine groups is 1. The second-order valence-corrected chi connectivity index (χ2v) is 7.78. The number of allylic oxidation sites excluding steroid dienone is 1. The van der Waals surface area contributed by atoms with Crippen LogP contribution in [0, 0.1) is 0 Å². The van der Waals surface area contributed by atoms with Crippen LogP contribution in [0.15, 0.2) is 89.0 Å². The third-order valence-electron chi connectivity index (χ3n) is 4.52. The predicted molar refractivity (Wildman–Crippen MR) is 119 cm³/mol. The van der Waals surface area contributed by atoms with Crippen LogP contribution in [-0.2, 0) is 22.4 Å². The summed E-state index contributed by atoms with van der Waals surface area (Å²) in [5.74, 6) is -1.13. The molecule has 0 fully saturated rings. The minimum absolute atomic E-state index is 0.0209. The van der Waals surface area contributed by atoms with E-state index in [1.165, 1.54) is 11.8 Å². The molecule has 0 saturated heterocycles. The van der Waals surface area contributed by atoms with Crippen molar-refractivity contribution in [3.8, 4) is 5.69 Å². The zero-order chi connectivity index (χ0) is 20.9. The van der Waals surface area contributed by atoms with Crippen molar-refractivity contribution in [2.75, 3.05) is 5.32 Å². The molecule has 0 aliphatic carbocycles. The normalized spacial score (nSPS) is 14.7. The standard InChI is InChI=1S/C23H19N3O3S/c27-21(28)15-17-6-9-18(10-7-17)24-23-25-22(29)20(30-23)11-8-16-4-3-5-19(14-16)26-12-1-2-13-26/h1-7,9-14H,8,15H2,(H,27,28)(H,24,25,29). The number of hydrogen-bond donors (Lipinski definition) is 2. The first kappa shape index (κ1) is 19.7. The summed E-state index contributed by atoms with van der Waals surface area (Å²) in [4.78, 5) is 27.7. The molecule has 150 valence electrons. The highest BCUT2D eigenvalue weighted by atomic mass is 32.2. The Morgan fingerprint density at radius 2 is 1.83 bits per heavy atom. The summed E-state index contributed by atoms with van der Waals surface area (Å²) in [5, 5.41) is 12.5. The fraction of sp³-hybridized carbons (Fsp3) is 0.0870. The summed E-state index contributed by atoms with van der Waals surface area (Å²) >= 11 is 1.30. The summed E-state index contributed by atoms with van der Waals surface area (Å²) in [5.41, 5.74) is 3.65. The van der Waals surface area contributed by atoms with Crippen molar-refractivity contribution < 1.29 is 14.7 Å². The summed E-state index contributed by atoms with van der Waals surface area (Å²) < 4.78 is 2.04. The Labute approximate surface area is 178 Å². The molecule has 0 atom stereocenters. The van der Waals surface area contributed by atoms with Gasteiger partial charge >= 0.3 is 5.97 Å². The first-order valence-corrected chi connectivity index (χ1v) is 10.2. The monoisotopic (exact) mass is 417 g/mol. The first-order valence-electron chi connectivity index (χ1n) is 9.38. The number of carboxylic acids is 1. The second kappa shape index (κ2) is 8.84. The van der Waals surface area contributed by atoms with Gasteiger partial charge in [0.2, 0.25) is 0 Å². The Morgan fingerprint density at radius 1 is 1.07 bits per heavy atom. The van der Waals surface area contributed by atoms with Crippen molar-refractivity contribution in [1.29, 1.82) is 0 Å². The number of benzene rings is 2. The topological polar surface area (TPSA) is 83.7 Å². The molecule has 4 rings (SSSR count). The Morgan fingerprint density at radius 3 is 2.57 bits per heavy atom. The maximum Gasteiger partial charge on any atom is 0.307 e. The number of carbonyl (C=O) groups excluding carboxylic acids is 1. The summed E-state index contributed by atoms with van der Waals surface area (Å²) in [6.07, 6.45) is 6.50. The molecule has 3 aromatic rings. The number of thioether (sulfide) groups is 1. The molecule has 2 N–H and O–H groups in total. The van der Waals surface area contributed by atoms with Crippen LogP contribution in [0.2, 0.25) is 0 Å². The van der Waals surface area contributed by atoms with Gasteiger partial charge in [0.05, 0.1) is 11.3 Å². The number of carbonyl (C=O) groups is 2. The lowest BCUT2D eigenvalue weighted by molar-refractivity contribution is -0.136. The van der Waals surface area contributed by atoms with E-state index in [4.69, 9.17) is 5.11 Å². The van der Waals surface area contributed by atoms with E-state index < -0.39 is 5.97 Å². The maximum atomic E-state index is 12.2. The molecule has 1 aliphatic rings. The van der Waals surface area contributed by atoms with Crippen LogP contribution in [0.4, 0.5) is 5.69 Å². The highest BCUT2D eigenvalue weighted by Gasteiger charge is 2.21. The fourth-order valence-electron chi connectivity index (χ4n) is 3.07. The lowest BCUT2D eigenvalue weighted by Gasteiger charge is -2.06. The molecule has 6 nitrogen and oxygen atoms in total. The molecule has 0 spiro atoms. The van der Waals surface area contributed by atoms with Gasteiger partial charge in [0, 0.05) is 23.8 Å². The number of aliphatic imine (C=N–C) groups is 1. The number of aliphatic carboxylic acids is 1. The van der Waals surface area contributed by atoms with Crippen LogP contribution in [0.5, 0.6) is 0 Å². The van der Waals surface area contributed by atoms with Gasteiger partial charge in [-0.2, -0.15) is 4.99 Å². The van der Waals surface area contributed by atoms with Gasteiger partial charge in [0.1, 0.15) is 0 Å². The van der Waals surface area contributed by atoms with Crippen LogP contribution in [0.25, 0.3) is 5.69 Å². The van der Waals surface area contributed by atoms with Gasteiger partial charge in [0.15, 0.2) is 5.17 Å². The molecule has 0 bridgehead atoms. The van der Waals surface area contributed by atoms with Crippen LogP contribution < -0.4 is 5.32 Å². The average molecular weight is 417 g/mol. The van der Waals surface area contributed by atoms with Gasteiger partial charge in [-0.15, -0.1) is 0 Å². The molecule has 1 aromatic heterocycles. The lowest BCUT2D eigenvalue weighted by atomic mass is 10.1. The number of anilines is 1. The Kier molecular flexibility index (Phi) is 5.81. The first-order chi connectivity index (χ1) is 14.6. The zero-order valence-corrected chi connectivity index (χ0v) is 16.8. The summed E-state index contributed by atoms with van der Waals surface area (Å²) in [6.45, 7) is 0. The van der Waals surface area contributed by atoms with E-state index in [0.29, 0.717) is 22.1 Å². The average Bonchev–Trinajstić information content (AvgIpc) is 3.38. The van der Waals surface area contributed by atoms with Crippen LogP contribution in [-0.4, -0.2) is 26.7 Å². The Bertz CT molecular complexity index is 1130. The predicted octanol–water partition coefficient (Wildman–Crippen LogP) is 4.27. The van der Waals surface area contributed by atoms with Crippen molar-refractivity contribution in [1.82, 2.24) is 4.57 Å². The van der Waals surface area contributed by atoms with E-state index in [-0.39, 0.29) is 12.3 Å². The molecule has 2 heterocycles. The molecule has 2 aromatic carbocycles. The zero-order valence-electron chi connectivity index (χ0n) is 16.0. The molecule has 7 heteroatoms. The molecule has 30 heavy (non-hydrogen) atoms. The van der Waals surface area contributed by atoms with Gasteiger partial charge in [-0.05, 0) is 65.7 Å². The van der Waals surface area contributed by atoms with Crippen molar-refractivity contribution in [2.24, 2.45) is 4.99 Å². The second-order valence-electron chi connectivity index (χ2n) is 6.75. The maximum absolute atomic E-state index is 12.2.